The Hall–Kier alpha value is -1.82. The average molecular weight is 336 g/mol. The van der Waals surface area contributed by atoms with E-state index in [2.05, 4.69) is 17.6 Å². The third-order valence-corrected chi connectivity index (χ3v) is 3.87. The lowest BCUT2D eigenvalue weighted by Crippen LogP contribution is -2.39. The van der Waals surface area contributed by atoms with E-state index in [1.54, 1.807) is 7.11 Å². The quantitative estimate of drug-likeness (QED) is 0.565. The second-order valence-electron chi connectivity index (χ2n) is 5.63. The highest BCUT2D eigenvalue weighted by molar-refractivity contribution is 7.80. The lowest BCUT2D eigenvalue weighted by molar-refractivity contribution is -0.120. The summed E-state index contributed by atoms with van der Waals surface area (Å²) in [7, 11) is 1.62. The van der Waals surface area contributed by atoms with Crippen molar-refractivity contribution in [1.29, 1.82) is 0 Å². The number of rotatable bonds is 8. The zero-order valence-corrected chi connectivity index (χ0v) is 14.5. The smallest absolute Gasteiger partial charge is 0.229 e. The van der Waals surface area contributed by atoms with Crippen LogP contribution in [-0.2, 0) is 11.3 Å². The molecule has 0 atom stereocenters. The zero-order chi connectivity index (χ0) is 16.7. The summed E-state index contributed by atoms with van der Waals surface area (Å²) < 4.78 is 11.1. The van der Waals surface area contributed by atoms with Crippen LogP contribution in [0.5, 0.6) is 11.5 Å². The Balaban J connectivity index is 1.84. The average Bonchev–Trinajstić information content (AvgIpc) is 3.38. The third kappa shape index (κ3) is 5.71. The molecule has 2 N–H and O–H groups in total. The molecule has 0 aliphatic heterocycles. The van der Waals surface area contributed by atoms with Gasteiger partial charge in [0.15, 0.2) is 16.6 Å². The van der Waals surface area contributed by atoms with Crippen LogP contribution in [0.25, 0.3) is 0 Å². The van der Waals surface area contributed by atoms with Gasteiger partial charge in [-0.15, -0.1) is 0 Å². The molecule has 23 heavy (non-hydrogen) atoms. The number of hydrogen-bond acceptors (Lipinski definition) is 4. The monoisotopic (exact) mass is 336 g/mol. The van der Waals surface area contributed by atoms with Crippen LogP contribution in [0.3, 0.4) is 0 Å². The van der Waals surface area contributed by atoms with Crippen molar-refractivity contribution in [1.82, 2.24) is 10.6 Å². The Labute approximate surface area is 142 Å². The summed E-state index contributed by atoms with van der Waals surface area (Å²) in [4.78, 5) is 11.6. The van der Waals surface area contributed by atoms with Crippen LogP contribution in [0, 0.1) is 5.92 Å². The number of amides is 1. The van der Waals surface area contributed by atoms with Gasteiger partial charge in [0, 0.05) is 12.5 Å². The van der Waals surface area contributed by atoms with Crippen LogP contribution in [0.1, 0.15) is 38.2 Å². The molecule has 1 saturated carbocycles. The lowest BCUT2D eigenvalue weighted by atomic mass is 10.2. The van der Waals surface area contributed by atoms with Crippen molar-refractivity contribution in [2.45, 2.75) is 39.2 Å². The highest BCUT2D eigenvalue weighted by atomic mass is 32.1. The second-order valence-corrected chi connectivity index (χ2v) is 6.04. The van der Waals surface area contributed by atoms with E-state index in [0.29, 0.717) is 24.0 Å². The molecular formula is C17H24N2O3S. The number of thiocarbonyl (C=S) groups is 1. The van der Waals surface area contributed by atoms with Gasteiger partial charge in [0.1, 0.15) is 0 Å². The van der Waals surface area contributed by atoms with Gasteiger partial charge >= 0.3 is 0 Å². The van der Waals surface area contributed by atoms with Gasteiger partial charge in [0.05, 0.1) is 13.7 Å². The lowest BCUT2D eigenvalue weighted by Gasteiger charge is -2.13. The molecule has 126 valence electrons. The fourth-order valence-corrected chi connectivity index (χ4v) is 2.23. The first-order valence-corrected chi connectivity index (χ1v) is 8.43. The predicted octanol–water partition coefficient (Wildman–Crippen LogP) is 2.77. The molecule has 0 heterocycles. The van der Waals surface area contributed by atoms with E-state index < -0.39 is 0 Å². The topological polar surface area (TPSA) is 59.6 Å². The van der Waals surface area contributed by atoms with Gasteiger partial charge in [-0.2, -0.15) is 0 Å². The summed E-state index contributed by atoms with van der Waals surface area (Å²) in [5.74, 6) is 1.61. The van der Waals surface area contributed by atoms with E-state index in [9.17, 15) is 4.79 Å². The summed E-state index contributed by atoms with van der Waals surface area (Å²) in [6, 6.07) is 5.78. The molecule has 5 nitrogen and oxygen atoms in total. The Morgan fingerprint density at radius 3 is 2.78 bits per heavy atom. The van der Waals surface area contributed by atoms with Crippen molar-refractivity contribution >= 4 is 23.2 Å². The van der Waals surface area contributed by atoms with Gasteiger partial charge in [0.2, 0.25) is 5.91 Å². The van der Waals surface area contributed by atoms with Crippen molar-refractivity contribution in [2.24, 2.45) is 5.92 Å². The number of carbonyl (C=O) groups is 1. The molecule has 1 aromatic rings. The van der Waals surface area contributed by atoms with Crippen LogP contribution in [-0.4, -0.2) is 24.7 Å². The Morgan fingerprint density at radius 2 is 2.13 bits per heavy atom. The van der Waals surface area contributed by atoms with Crippen LogP contribution < -0.4 is 20.1 Å². The van der Waals surface area contributed by atoms with E-state index in [-0.39, 0.29) is 11.8 Å². The van der Waals surface area contributed by atoms with E-state index in [0.717, 1.165) is 37.0 Å². The fourth-order valence-electron chi connectivity index (χ4n) is 2.05. The SMILES string of the molecule is CCCCOc1ccc(CNC(=S)NC(=O)C2CC2)cc1OC. The maximum Gasteiger partial charge on any atom is 0.229 e. The Kier molecular flexibility index (Phi) is 6.65. The van der Waals surface area contributed by atoms with E-state index >= 15 is 0 Å². The van der Waals surface area contributed by atoms with Gasteiger partial charge in [-0.1, -0.05) is 19.4 Å². The van der Waals surface area contributed by atoms with Crippen LogP contribution in [0.2, 0.25) is 0 Å². The van der Waals surface area contributed by atoms with E-state index in [1.165, 1.54) is 0 Å². The zero-order valence-electron chi connectivity index (χ0n) is 13.7. The molecule has 0 saturated heterocycles. The molecule has 1 amide bonds. The maximum atomic E-state index is 11.6. The molecule has 1 aromatic carbocycles. The predicted molar refractivity (Wildman–Crippen MR) is 93.7 cm³/mol. The highest BCUT2D eigenvalue weighted by Crippen LogP contribution is 2.29. The summed E-state index contributed by atoms with van der Waals surface area (Å²) in [6.07, 6.45) is 4.03. The van der Waals surface area contributed by atoms with Crippen molar-refractivity contribution in [3.05, 3.63) is 23.8 Å². The van der Waals surface area contributed by atoms with Gasteiger partial charge in [-0.05, 0) is 49.2 Å². The standard InChI is InChI=1S/C17H24N2O3S/c1-3-4-9-22-14-8-5-12(10-15(14)21-2)11-18-17(23)19-16(20)13-6-7-13/h5,8,10,13H,3-4,6-7,9,11H2,1-2H3,(H2,18,19,20,23). The normalized spacial score (nSPS) is 13.3. The largest absolute Gasteiger partial charge is 0.493 e. The molecule has 1 fully saturated rings. The first-order chi connectivity index (χ1) is 11.1. The van der Waals surface area contributed by atoms with E-state index in [1.807, 2.05) is 18.2 Å². The molecule has 1 aliphatic carbocycles. The molecule has 0 aromatic heterocycles. The van der Waals surface area contributed by atoms with Crippen LogP contribution >= 0.6 is 12.2 Å². The molecule has 1 aliphatic rings. The van der Waals surface area contributed by atoms with Crippen LogP contribution in [0.15, 0.2) is 18.2 Å². The van der Waals surface area contributed by atoms with Crippen molar-refractivity contribution < 1.29 is 14.3 Å². The molecule has 2 rings (SSSR count). The molecule has 0 unspecified atom stereocenters. The summed E-state index contributed by atoms with van der Waals surface area (Å²) >= 11 is 5.14. The van der Waals surface area contributed by atoms with Crippen molar-refractivity contribution in [3.63, 3.8) is 0 Å². The van der Waals surface area contributed by atoms with Gasteiger partial charge < -0.3 is 20.1 Å². The molecular weight excluding hydrogens is 312 g/mol. The Bertz CT molecular complexity index is 559. The minimum atomic E-state index is 0.0137. The maximum absolute atomic E-state index is 11.6. The first kappa shape index (κ1) is 17.5. The van der Waals surface area contributed by atoms with Gasteiger partial charge in [0.25, 0.3) is 0 Å². The molecule has 0 spiro atoms. The minimum Gasteiger partial charge on any atom is -0.493 e. The summed E-state index contributed by atoms with van der Waals surface area (Å²) in [6.45, 7) is 3.33. The number of nitrogens with one attached hydrogen (secondary N) is 2. The highest BCUT2D eigenvalue weighted by Gasteiger charge is 2.29. The number of hydrogen-bond donors (Lipinski definition) is 2. The van der Waals surface area contributed by atoms with Crippen molar-refractivity contribution in [3.8, 4) is 11.5 Å². The third-order valence-electron chi connectivity index (χ3n) is 3.62. The second kappa shape index (κ2) is 8.72. The number of unbranched alkanes of at least 4 members (excludes halogenated alkanes) is 1. The first-order valence-electron chi connectivity index (χ1n) is 8.02. The van der Waals surface area contributed by atoms with Crippen LogP contribution in [0.4, 0.5) is 0 Å². The summed E-state index contributed by atoms with van der Waals surface area (Å²) in [5.41, 5.74) is 1.01. The minimum absolute atomic E-state index is 0.0137. The Morgan fingerprint density at radius 1 is 1.35 bits per heavy atom. The van der Waals surface area contributed by atoms with Gasteiger partial charge in [-0.3, -0.25) is 4.79 Å². The number of carbonyl (C=O) groups excluding carboxylic acids is 1. The number of methoxy groups -OCH3 is 1. The summed E-state index contributed by atoms with van der Waals surface area (Å²) in [5, 5.41) is 6.12. The number of benzene rings is 1. The fraction of sp³-hybridized carbons (Fsp3) is 0.529. The molecule has 0 radical (unpaired) electrons. The number of ether oxygens (including phenoxy) is 2. The molecule has 6 heteroatoms. The van der Waals surface area contributed by atoms with E-state index in [4.69, 9.17) is 21.7 Å². The molecule has 0 bridgehead atoms. The van der Waals surface area contributed by atoms with Gasteiger partial charge in [-0.25, -0.2) is 0 Å². The van der Waals surface area contributed by atoms with Crippen molar-refractivity contribution in [2.75, 3.05) is 13.7 Å².